The smallest absolute Gasteiger partial charge is 0.240 e. The van der Waals surface area contributed by atoms with Crippen LogP contribution in [0.15, 0.2) is 58.0 Å². The monoisotopic (exact) mass is 428 g/mol. The van der Waals surface area contributed by atoms with Crippen LogP contribution in [0.3, 0.4) is 0 Å². The van der Waals surface area contributed by atoms with Crippen LogP contribution in [0.1, 0.15) is 29.9 Å². The number of aryl methyl sites for hydroxylation is 2. The van der Waals surface area contributed by atoms with Gasteiger partial charge in [-0.15, -0.1) is 0 Å². The number of hydrogen-bond acceptors (Lipinski definition) is 6. The Hall–Kier alpha value is -2.68. The number of oxazole rings is 1. The summed E-state index contributed by atoms with van der Waals surface area (Å²) < 4.78 is 38.6. The van der Waals surface area contributed by atoms with E-state index in [2.05, 4.69) is 9.71 Å². The molecule has 7 nitrogen and oxygen atoms in total. The molecule has 1 heterocycles. The van der Waals surface area contributed by atoms with Crippen molar-refractivity contribution in [2.45, 2.75) is 36.7 Å². The van der Waals surface area contributed by atoms with E-state index in [9.17, 15) is 13.5 Å². The third kappa shape index (κ3) is 3.98. The van der Waals surface area contributed by atoms with Crippen molar-refractivity contribution in [1.29, 1.82) is 0 Å². The number of ether oxygens (including phenoxy) is 1. The Kier molecular flexibility index (Phi) is 5.40. The van der Waals surface area contributed by atoms with Gasteiger partial charge >= 0.3 is 0 Å². The third-order valence-electron chi connectivity index (χ3n) is 5.48. The quantitative estimate of drug-likeness (QED) is 0.625. The van der Waals surface area contributed by atoms with Gasteiger partial charge in [0.05, 0.1) is 12.0 Å². The molecule has 1 unspecified atom stereocenters. The van der Waals surface area contributed by atoms with Gasteiger partial charge in [-0.05, 0) is 54.7 Å². The molecule has 4 rings (SSSR count). The molecule has 1 aromatic heterocycles. The predicted molar refractivity (Wildman–Crippen MR) is 112 cm³/mol. The van der Waals surface area contributed by atoms with E-state index in [0.29, 0.717) is 18.0 Å². The molecule has 0 radical (unpaired) electrons. The maximum atomic E-state index is 12.8. The molecule has 0 saturated carbocycles. The van der Waals surface area contributed by atoms with Crippen LogP contribution in [0.5, 0.6) is 5.75 Å². The second-order valence-corrected chi connectivity index (χ2v) is 9.28. The molecule has 0 spiro atoms. The Balaban J connectivity index is 1.52. The number of aliphatic hydroxyl groups is 1. The first-order valence-electron chi connectivity index (χ1n) is 9.73. The number of rotatable bonds is 6. The van der Waals surface area contributed by atoms with E-state index in [1.807, 2.05) is 12.1 Å². The molecular formula is C22H24N2O5S. The Morgan fingerprint density at radius 2 is 2.00 bits per heavy atom. The van der Waals surface area contributed by atoms with Crippen LogP contribution >= 0.6 is 0 Å². The summed E-state index contributed by atoms with van der Waals surface area (Å²) in [5.74, 6) is 1.27. The van der Waals surface area contributed by atoms with Gasteiger partial charge in [0.25, 0.3) is 0 Å². The van der Waals surface area contributed by atoms with Gasteiger partial charge in [-0.2, -0.15) is 0 Å². The van der Waals surface area contributed by atoms with E-state index in [4.69, 9.17) is 9.15 Å². The zero-order valence-electron chi connectivity index (χ0n) is 16.9. The van der Waals surface area contributed by atoms with Gasteiger partial charge in [-0.25, -0.2) is 18.1 Å². The van der Waals surface area contributed by atoms with Crippen LogP contribution in [0, 0.1) is 6.92 Å². The van der Waals surface area contributed by atoms with Crippen molar-refractivity contribution in [2.75, 3.05) is 13.7 Å². The van der Waals surface area contributed by atoms with E-state index in [0.717, 1.165) is 35.3 Å². The van der Waals surface area contributed by atoms with E-state index < -0.39 is 15.6 Å². The zero-order valence-corrected chi connectivity index (χ0v) is 17.7. The Bertz CT molecular complexity index is 1150. The van der Waals surface area contributed by atoms with Gasteiger partial charge < -0.3 is 14.3 Å². The van der Waals surface area contributed by atoms with Crippen molar-refractivity contribution in [3.8, 4) is 17.0 Å². The van der Waals surface area contributed by atoms with E-state index >= 15 is 0 Å². The summed E-state index contributed by atoms with van der Waals surface area (Å²) in [7, 11) is -2.19. The van der Waals surface area contributed by atoms with Gasteiger partial charge in [0.2, 0.25) is 10.0 Å². The molecule has 2 N–H and O–H groups in total. The fraction of sp³-hybridized carbons (Fsp3) is 0.318. The molecule has 30 heavy (non-hydrogen) atoms. The minimum Gasteiger partial charge on any atom is -0.497 e. The summed E-state index contributed by atoms with van der Waals surface area (Å²) in [5, 5.41) is 11.2. The normalized spacial score (nSPS) is 18.8. The molecule has 158 valence electrons. The van der Waals surface area contributed by atoms with Crippen molar-refractivity contribution in [2.24, 2.45) is 0 Å². The highest BCUT2D eigenvalue weighted by atomic mass is 32.2. The fourth-order valence-corrected chi connectivity index (χ4v) is 4.94. The summed E-state index contributed by atoms with van der Waals surface area (Å²) >= 11 is 0. The molecule has 1 aliphatic carbocycles. The molecular weight excluding hydrogens is 404 g/mol. The number of methoxy groups -OCH3 is 1. The topological polar surface area (TPSA) is 102 Å². The molecule has 3 aromatic rings. The average Bonchev–Trinajstić information content (AvgIpc) is 3.19. The van der Waals surface area contributed by atoms with Crippen LogP contribution < -0.4 is 9.46 Å². The first kappa shape index (κ1) is 20.6. The molecule has 0 aliphatic heterocycles. The molecule has 2 aromatic carbocycles. The summed E-state index contributed by atoms with van der Waals surface area (Å²) in [6.07, 6.45) is 3.61. The molecule has 1 atom stereocenters. The standard InChI is InChI=1S/C22H24N2O5S/c1-15-24-21(13-29-15)16-5-8-19(9-6-16)30(26,27)23-14-22(25)11-3-4-17-12-18(28-2)7-10-20(17)22/h5-10,12-13,23,25H,3-4,11,14H2,1-2H3. The summed E-state index contributed by atoms with van der Waals surface area (Å²) in [6.45, 7) is 1.65. The van der Waals surface area contributed by atoms with Gasteiger partial charge in [0.1, 0.15) is 23.3 Å². The number of nitrogens with zero attached hydrogens (tertiary/aromatic N) is 1. The molecule has 0 bridgehead atoms. The van der Waals surface area contributed by atoms with E-state index in [-0.39, 0.29) is 11.4 Å². The summed E-state index contributed by atoms with van der Waals surface area (Å²) in [6, 6.07) is 11.9. The maximum absolute atomic E-state index is 12.8. The van der Waals surface area contributed by atoms with Gasteiger partial charge in [-0.1, -0.05) is 18.2 Å². The van der Waals surface area contributed by atoms with Crippen LogP contribution in [0.2, 0.25) is 0 Å². The lowest BCUT2D eigenvalue weighted by atomic mass is 9.79. The number of fused-ring (bicyclic) bond motifs is 1. The first-order chi connectivity index (χ1) is 14.3. The minimum atomic E-state index is -3.79. The highest BCUT2D eigenvalue weighted by Gasteiger charge is 2.35. The largest absolute Gasteiger partial charge is 0.497 e. The van der Waals surface area contributed by atoms with Crippen LogP contribution in [0.4, 0.5) is 0 Å². The highest BCUT2D eigenvalue weighted by Crippen LogP contribution is 2.37. The van der Waals surface area contributed by atoms with Crippen molar-refractivity contribution in [3.05, 3.63) is 65.7 Å². The number of nitrogens with one attached hydrogen (secondary N) is 1. The predicted octanol–water partition coefficient (Wildman–Crippen LogP) is 3.16. The van der Waals surface area contributed by atoms with Gasteiger partial charge in [0.15, 0.2) is 5.89 Å². The zero-order chi connectivity index (χ0) is 21.4. The summed E-state index contributed by atoms with van der Waals surface area (Å²) in [4.78, 5) is 4.37. The lowest BCUT2D eigenvalue weighted by Crippen LogP contribution is -2.42. The number of benzene rings is 2. The number of sulfonamides is 1. The molecule has 0 fully saturated rings. The van der Waals surface area contributed by atoms with E-state index in [1.54, 1.807) is 32.2 Å². The van der Waals surface area contributed by atoms with E-state index in [1.165, 1.54) is 18.4 Å². The molecule has 0 saturated heterocycles. The number of hydrogen-bond donors (Lipinski definition) is 2. The van der Waals surface area contributed by atoms with Gasteiger partial charge in [-0.3, -0.25) is 0 Å². The molecule has 1 aliphatic rings. The second kappa shape index (κ2) is 7.86. The Labute approximate surface area is 175 Å². The lowest BCUT2D eigenvalue weighted by Gasteiger charge is -2.34. The van der Waals surface area contributed by atoms with Gasteiger partial charge in [0, 0.05) is 19.0 Å². The average molecular weight is 429 g/mol. The SMILES string of the molecule is COc1ccc2c(c1)CCCC2(O)CNS(=O)(=O)c1ccc(-c2coc(C)n2)cc1. The van der Waals surface area contributed by atoms with Crippen molar-refractivity contribution < 1.29 is 22.7 Å². The summed E-state index contributed by atoms with van der Waals surface area (Å²) in [5.41, 5.74) is 1.88. The number of aromatic nitrogens is 1. The Morgan fingerprint density at radius 3 is 2.67 bits per heavy atom. The van der Waals surface area contributed by atoms with Crippen molar-refractivity contribution in [1.82, 2.24) is 9.71 Å². The van der Waals surface area contributed by atoms with Crippen molar-refractivity contribution in [3.63, 3.8) is 0 Å². The van der Waals surface area contributed by atoms with Crippen molar-refractivity contribution >= 4 is 10.0 Å². The Morgan fingerprint density at radius 1 is 1.23 bits per heavy atom. The maximum Gasteiger partial charge on any atom is 0.240 e. The van der Waals surface area contributed by atoms with Crippen LogP contribution in [-0.2, 0) is 22.0 Å². The molecule has 0 amide bonds. The minimum absolute atomic E-state index is 0.0983. The fourth-order valence-electron chi connectivity index (χ4n) is 3.85. The molecule has 8 heteroatoms. The van der Waals surface area contributed by atoms with Crippen LogP contribution in [0.25, 0.3) is 11.3 Å². The van der Waals surface area contributed by atoms with Crippen LogP contribution in [-0.4, -0.2) is 32.2 Å². The lowest BCUT2D eigenvalue weighted by molar-refractivity contribution is 0.0242. The first-order valence-corrected chi connectivity index (χ1v) is 11.2. The third-order valence-corrected chi connectivity index (χ3v) is 6.90. The second-order valence-electron chi connectivity index (χ2n) is 7.51. The highest BCUT2D eigenvalue weighted by molar-refractivity contribution is 7.89.